The number of hydrogen-bond acceptors (Lipinski definition) is 4. The first-order valence-corrected chi connectivity index (χ1v) is 7.31. The van der Waals surface area contributed by atoms with Crippen LogP contribution in [-0.2, 0) is 0 Å². The summed E-state index contributed by atoms with van der Waals surface area (Å²) < 4.78 is 0. The standard InChI is InChI=1S/C16H21N3O/c1-11-12-7-3-4-8-13(12)16(18-17-11)19(2)14-9-5-6-10-15(14)20/h3-4,7-8,14-15,20H,5-6,9-10H2,1-2H3. The van der Waals surface area contributed by atoms with Gasteiger partial charge in [0.25, 0.3) is 0 Å². The molecule has 2 aromatic rings. The number of anilines is 1. The van der Waals surface area contributed by atoms with E-state index in [4.69, 9.17) is 0 Å². The molecule has 1 aromatic heterocycles. The first-order valence-electron chi connectivity index (χ1n) is 7.31. The molecule has 0 radical (unpaired) electrons. The van der Waals surface area contributed by atoms with Crippen molar-refractivity contribution in [3.05, 3.63) is 30.0 Å². The maximum absolute atomic E-state index is 10.2. The summed E-state index contributed by atoms with van der Waals surface area (Å²) in [4.78, 5) is 2.11. The van der Waals surface area contributed by atoms with Crippen LogP contribution in [0.4, 0.5) is 5.82 Å². The van der Waals surface area contributed by atoms with Crippen LogP contribution in [0.5, 0.6) is 0 Å². The zero-order chi connectivity index (χ0) is 14.1. The number of aliphatic hydroxyl groups excluding tert-OH is 1. The zero-order valence-electron chi connectivity index (χ0n) is 12.1. The molecule has 0 bridgehead atoms. The average molecular weight is 271 g/mol. The van der Waals surface area contributed by atoms with Crippen molar-refractivity contribution in [2.24, 2.45) is 0 Å². The maximum atomic E-state index is 10.2. The molecule has 3 rings (SSSR count). The summed E-state index contributed by atoms with van der Waals surface area (Å²) in [5, 5.41) is 21.1. The average Bonchev–Trinajstić information content (AvgIpc) is 2.48. The number of likely N-dealkylation sites (N-methyl/N-ethyl adjacent to an activating group) is 1. The molecular weight excluding hydrogens is 250 g/mol. The minimum atomic E-state index is -0.268. The largest absolute Gasteiger partial charge is 0.391 e. The second kappa shape index (κ2) is 5.37. The van der Waals surface area contributed by atoms with Crippen LogP contribution in [0.2, 0.25) is 0 Å². The van der Waals surface area contributed by atoms with E-state index in [9.17, 15) is 5.11 Å². The van der Waals surface area contributed by atoms with Gasteiger partial charge in [0.05, 0.1) is 17.8 Å². The predicted molar refractivity (Wildman–Crippen MR) is 80.9 cm³/mol. The summed E-state index contributed by atoms with van der Waals surface area (Å²) in [6.07, 6.45) is 3.92. The molecule has 4 nitrogen and oxygen atoms in total. The predicted octanol–water partition coefficient (Wildman–Crippen LogP) is 2.68. The smallest absolute Gasteiger partial charge is 0.159 e. The van der Waals surface area contributed by atoms with E-state index in [2.05, 4.69) is 27.2 Å². The van der Waals surface area contributed by atoms with Gasteiger partial charge < -0.3 is 10.0 Å². The summed E-state index contributed by atoms with van der Waals surface area (Å²) in [6.45, 7) is 1.98. The summed E-state index contributed by atoms with van der Waals surface area (Å²) >= 11 is 0. The van der Waals surface area contributed by atoms with Gasteiger partial charge >= 0.3 is 0 Å². The van der Waals surface area contributed by atoms with E-state index in [1.165, 1.54) is 6.42 Å². The highest BCUT2D eigenvalue weighted by molar-refractivity contribution is 5.93. The topological polar surface area (TPSA) is 49.2 Å². The van der Waals surface area contributed by atoms with Crippen LogP contribution in [0.3, 0.4) is 0 Å². The third kappa shape index (κ3) is 2.24. The van der Waals surface area contributed by atoms with Gasteiger partial charge in [-0.25, -0.2) is 0 Å². The summed E-state index contributed by atoms with van der Waals surface area (Å²) in [6, 6.07) is 8.35. The Balaban J connectivity index is 2.03. The van der Waals surface area contributed by atoms with Gasteiger partial charge in [-0.05, 0) is 19.8 Å². The molecule has 2 atom stereocenters. The number of aromatic nitrogens is 2. The van der Waals surface area contributed by atoms with Crippen LogP contribution < -0.4 is 4.90 Å². The first kappa shape index (κ1) is 13.3. The fraction of sp³-hybridized carbons (Fsp3) is 0.500. The molecule has 1 N–H and O–H groups in total. The van der Waals surface area contributed by atoms with E-state index in [0.29, 0.717) is 0 Å². The molecular formula is C16H21N3O. The van der Waals surface area contributed by atoms with Crippen molar-refractivity contribution in [1.82, 2.24) is 10.2 Å². The van der Waals surface area contributed by atoms with Gasteiger partial charge in [0.15, 0.2) is 5.82 Å². The fourth-order valence-electron chi connectivity index (χ4n) is 3.18. The molecule has 2 unspecified atom stereocenters. The second-order valence-corrected chi connectivity index (χ2v) is 5.68. The molecule has 1 aromatic carbocycles. The van der Waals surface area contributed by atoms with Gasteiger partial charge in [-0.1, -0.05) is 37.1 Å². The summed E-state index contributed by atoms with van der Waals surface area (Å²) in [5.41, 5.74) is 0.946. The van der Waals surface area contributed by atoms with E-state index in [0.717, 1.165) is 41.5 Å². The van der Waals surface area contributed by atoms with Crippen LogP contribution >= 0.6 is 0 Å². The van der Waals surface area contributed by atoms with Crippen molar-refractivity contribution in [1.29, 1.82) is 0 Å². The van der Waals surface area contributed by atoms with Gasteiger partial charge in [-0.3, -0.25) is 0 Å². The number of fused-ring (bicyclic) bond motifs is 1. The number of aliphatic hydroxyl groups is 1. The molecule has 0 aliphatic heterocycles. The van der Waals surface area contributed by atoms with Gasteiger partial charge in [0.2, 0.25) is 0 Å². The van der Waals surface area contributed by atoms with Crippen LogP contribution in [0.25, 0.3) is 10.8 Å². The van der Waals surface area contributed by atoms with Gasteiger partial charge in [0, 0.05) is 17.8 Å². The Labute approximate surface area is 119 Å². The quantitative estimate of drug-likeness (QED) is 0.912. The Morgan fingerprint density at radius 2 is 1.80 bits per heavy atom. The van der Waals surface area contributed by atoms with Crippen LogP contribution in [-0.4, -0.2) is 34.5 Å². The SMILES string of the molecule is Cc1nnc(N(C)C2CCCCC2O)c2ccccc12. The van der Waals surface area contributed by atoms with Crippen molar-refractivity contribution in [2.45, 2.75) is 44.8 Å². The number of aryl methyl sites for hydroxylation is 1. The number of benzene rings is 1. The minimum Gasteiger partial charge on any atom is -0.391 e. The van der Waals surface area contributed by atoms with Crippen molar-refractivity contribution < 1.29 is 5.11 Å². The van der Waals surface area contributed by atoms with Crippen molar-refractivity contribution in [3.63, 3.8) is 0 Å². The highest BCUT2D eigenvalue weighted by Crippen LogP contribution is 2.30. The summed E-state index contributed by atoms with van der Waals surface area (Å²) in [5.74, 6) is 0.872. The molecule has 20 heavy (non-hydrogen) atoms. The molecule has 4 heteroatoms. The molecule has 1 aliphatic rings. The van der Waals surface area contributed by atoms with Crippen LogP contribution in [0, 0.1) is 6.92 Å². The van der Waals surface area contributed by atoms with E-state index < -0.39 is 0 Å². The van der Waals surface area contributed by atoms with Gasteiger partial charge in [-0.2, -0.15) is 5.10 Å². The van der Waals surface area contributed by atoms with Crippen LogP contribution in [0.15, 0.2) is 24.3 Å². The first-order chi connectivity index (χ1) is 9.68. The Kier molecular flexibility index (Phi) is 3.57. The monoisotopic (exact) mass is 271 g/mol. The molecule has 106 valence electrons. The molecule has 1 fully saturated rings. The maximum Gasteiger partial charge on any atom is 0.159 e. The lowest BCUT2D eigenvalue weighted by Crippen LogP contribution is -2.44. The Bertz CT molecular complexity index is 614. The lowest BCUT2D eigenvalue weighted by atomic mass is 9.91. The van der Waals surface area contributed by atoms with E-state index >= 15 is 0 Å². The van der Waals surface area contributed by atoms with Crippen molar-refractivity contribution in [3.8, 4) is 0 Å². The van der Waals surface area contributed by atoms with E-state index in [1.807, 2.05) is 26.1 Å². The molecule has 0 amide bonds. The Hall–Kier alpha value is -1.68. The summed E-state index contributed by atoms with van der Waals surface area (Å²) in [7, 11) is 2.02. The van der Waals surface area contributed by atoms with Gasteiger partial charge in [-0.15, -0.1) is 5.10 Å². The second-order valence-electron chi connectivity index (χ2n) is 5.68. The molecule has 0 spiro atoms. The fourth-order valence-corrected chi connectivity index (χ4v) is 3.18. The number of nitrogens with zero attached hydrogens (tertiary/aromatic N) is 3. The van der Waals surface area contributed by atoms with Crippen LogP contribution in [0.1, 0.15) is 31.4 Å². The Morgan fingerprint density at radius 1 is 1.10 bits per heavy atom. The third-order valence-corrected chi connectivity index (χ3v) is 4.38. The van der Waals surface area contributed by atoms with E-state index in [1.54, 1.807) is 0 Å². The Morgan fingerprint density at radius 3 is 2.55 bits per heavy atom. The number of hydrogen-bond donors (Lipinski definition) is 1. The normalized spacial score (nSPS) is 22.9. The molecule has 1 heterocycles. The lowest BCUT2D eigenvalue weighted by Gasteiger charge is -2.36. The van der Waals surface area contributed by atoms with E-state index in [-0.39, 0.29) is 12.1 Å². The highest BCUT2D eigenvalue weighted by Gasteiger charge is 2.28. The number of rotatable bonds is 2. The zero-order valence-corrected chi connectivity index (χ0v) is 12.1. The lowest BCUT2D eigenvalue weighted by molar-refractivity contribution is 0.106. The molecule has 1 aliphatic carbocycles. The highest BCUT2D eigenvalue weighted by atomic mass is 16.3. The minimum absolute atomic E-state index is 0.143. The molecule has 0 saturated heterocycles. The van der Waals surface area contributed by atoms with Crippen molar-refractivity contribution in [2.75, 3.05) is 11.9 Å². The van der Waals surface area contributed by atoms with Gasteiger partial charge in [0.1, 0.15) is 0 Å². The third-order valence-electron chi connectivity index (χ3n) is 4.38. The van der Waals surface area contributed by atoms with Crippen molar-refractivity contribution >= 4 is 16.6 Å². The molecule has 1 saturated carbocycles.